The van der Waals surface area contributed by atoms with Crippen molar-refractivity contribution < 1.29 is 26.9 Å². The zero-order valence-electron chi connectivity index (χ0n) is 12.1. The first kappa shape index (κ1) is 16.3. The van der Waals surface area contributed by atoms with Crippen LogP contribution in [-0.2, 0) is 9.31 Å². The van der Waals surface area contributed by atoms with Gasteiger partial charge in [0.15, 0.2) is 23.3 Å². The Bertz CT molecular complexity index is 538. The molecule has 0 aromatic heterocycles. The average molecular weight is 305 g/mol. The Balaban J connectivity index is 2.41. The quantitative estimate of drug-likeness (QED) is 0.519. The predicted molar refractivity (Wildman–Crippen MR) is 69.3 cm³/mol. The molecule has 8 heteroatoms. The molecule has 2 rings (SSSR count). The molecule has 0 radical (unpaired) electrons. The average Bonchev–Trinajstić information content (AvgIpc) is 2.56. The van der Waals surface area contributed by atoms with Gasteiger partial charge < -0.3 is 15.0 Å². The lowest BCUT2D eigenvalue weighted by Crippen LogP contribution is -2.41. The third-order valence-corrected chi connectivity index (χ3v) is 4.04. The van der Waals surface area contributed by atoms with E-state index in [0.29, 0.717) is 0 Å². The Morgan fingerprint density at radius 3 is 1.71 bits per heavy atom. The second kappa shape index (κ2) is 4.96. The van der Waals surface area contributed by atoms with E-state index in [1.54, 1.807) is 27.7 Å². The highest BCUT2D eigenvalue weighted by Crippen LogP contribution is 2.40. The van der Waals surface area contributed by atoms with Crippen molar-refractivity contribution >= 4 is 7.12 Å². The van der Waals surface area contributed by atoms with Gasteiger partial charge in [-0.05, 0) is 27.7 Å². The molecular formula is C13H16BF4NO2. The van der Waals surface area contributed by atoms with E-state index in [1.165, 1.54) is 0 Å². The molecule has 0 amide bonds. The Morgan fingerprint density at radius 1 is 0.952 bits per heavy atom. The number of benzene rings is 1. The van der Waals surface area contributed by atoms with Crippen LogP contribution in [0, 0.1) is 23.3 Å². The highest BCUT2D eigenvalue weighted by Gasteiger charge is 2.54. The van der Waals surface area contributed by atoms with Crippen LogP contribution in [0.4, 0.5) is 17.6 Å². The molecular weight excluding hydrogens is 289 g/mol. The number of rotatable bonds is 2. The zero-order chi connectivity index (χ0) is 16.2. The van der Waals surface area contributed by atoms with Crippen molar-refractivity contribution in [1.29, 1.82) is 0 Å². The summed E-state index contributed by atoms with van der Waals surface area (Å²) in [5, 5.41) is 0. The van der Waals surface area contributed by atoms with Gasteiger partial charge in [0.05, 0.1) is 17.1 Å². The smallest absolute Gasteiger partial charge is 0.402 e. The third-order valence-electron chi connectivity index (χ3n) is 4.04. The molecule has 0 aliphatic carbocycles. The highest BCUT2D eigenvalue weighted by molar-refractivity contribution is 6.47. The number of halogens is 4. The van der Waals surface area contributed by atoms with Gasteiger partial charge in [0.25, 0.3) is 0 Å². The van der Waals surface area contributed by atoms with E-state index in [-0.39, 0.29) is 6.07 Å². The molecule has 1 fully saturated rings. The molecule has 1 aromatic rings. The van der Waals surface area contributed by atoms with Gasteiger partial charge in [-0.15, -0.1) is 0 Å². The van der Waals surface area contributed by atoms with E-state index < -0.39 is 53.1 Å². The second-order valence-electron chi connectivity index (χ2n) is 6.03. The fraction of sp³-hybridized carbons (Fsp3) is 0.538. The minimum absolute atomic E-state index is 0.130. The Labute approximate surface area is 120 Å². The van der Waals surface area contributed by atoms with Crippen molar-refractivity contribution in [2.75, 3.05) is 0 Å². The Hall–Kier alpha value is -1.12. The summed E-state index contributed by atoms with van der Waals surface area (Å²) in [5.41, 5.74) is 3.23. The van der Waals surface area contributed by atoms with E-state index in [1.807, 2.05) is 0 Å². The van der Waals surface area contributed by atoms with Gasteiger partial charge in [-0.25, -0.2) is 17.6 Å². The molecule has 1 saturated heterocycles. The van der Waals surface area contributed by atoms with Gasteiger partial charge in [-0.3, -0.25) is 0 Å². The first-order chi connectivity index (χ1) is 9.48. The van der Waals surface area contributed by atoms with Crippen LogP contribution in [0.1, 0.15) is 39.2 Å². The van der Waals surface area contributed by atoms with Crippen molar-refractivity contribution in [2.24, 2.45) is 5.73 Å². The maximum absolute atomic E-state index is 13.8. The van der Waals surface area contributed by atoms with Crippen LogP contribution >= 0.6 is 0 Å². The molecule has 0 bridgehead atoms. The van der Waals surface area contributed by atoms with E-state index in [4.69, 9.17) is 15.0 Å². The molecule has 1 heterocycles. The lowest BCUT2D eigenvalue weighted by Gasteiger charge is -2.32. The largest absolute Gasteiger partial charge is 0.480 e. The van der Waals surface area contributed by atoms with Crippen LogP contribution < -0.4 is 5.73 Å². The van der Waals surface area contributed by atoms with Crippen LogP contribution in [0.25, 0.3) is 0 Å². The normalized spacial score (nSPS) is 21.7. The molecule has 0 unspecified atom stereocenters. The minimum Gasteiger partial charge on any atom is -0.402 e. The molecule has 1 aromatic carbocycles. The highest BCUT2D eigenvalue weighted by atomic mass is 19.2. The lowest BCUT2D eigenvalue weighted by atomic mass is 9.74. The van der Waals surface area contributed by atoms with Gasteiger partial charge in [0, 0.05) is 11.6 Å². The summed E-state index contributed by atoms with van der Waals surface area (Å²) in [6, 6.07) is 0.130. The lowest BCUT2D eigenvalue weighted by molar-refractivity contribution is 0.00578. The summed E-state index contributed by atoms with van der Waals surface area (Å²) < 4.78 is 65.1. The summed E-state index contributed by atoms with van der Waals surface area (Å²) in [4.78, 5) is 0. The zero-order valence-corrected chi connectivity index (χ0v) is 12.1. The van der Waals surface area contributed by atoms with Crippen LogP contribution in [0.3, 0.4) is 0 Å². The molecule has 3 nitrogen and oxygen atoms in total. The van der Waals surface area contributed by atoms with Gasteiger partial charge >= 0.3 is 7.12 Å². The summed E-state index contributed by atoms with van der Waals surface area (Å²) in [5.74, 6) is -7.63. The molecule has 2 N–H and O–H groups in total. The summed E-state index contributed by atoms with van der Waals surface area (Å²) in [7, 11) is -1.22. The van der Waals surface area contributed by atoms with E-state index in [9.17, 15) is 17.6 Å². The van der Waals surface area contributed by atoms with Crippen molar-refractivity contribution in [3.05, 3.63) is 34.9 Å². The molecule has 1 aliphatic heterocycles. The standard InChI is InChI=1S/C13H16BF4NO2/c1-12(2)13(3,4)21-14(20-12)11(19)8-9(17)6(15)5-7(16)10(8)18/h5,11H,19H2,1-4H3/t11-/m0/s1. The summed E-state index contributed by atoms with van der Waals surface area (Å²) in [6.07, 6.45) is 0. The van der Waals surface area contributed by atoms with Gasteiger partial charge in [0.2, 0.25) is 0 Å². The van der Waals surface area contributed by atoms with Crippen molar-refractivity contribution in [3.8, 4) is 0 Å². The van der Waals surface area contributed by atoms with Crippen LogP contribution in [0.2, 0.25) is 0 Å². The number of hydrogen-bond acceptors (Lipinski definition) is 3. The van der Waals surface area contributed by atoms with Gasteiger partial charge in [-0.2, -0.15) is 0 Å². The third kappa shape index (κ3) is 2.56. The first-order valence-corrected chi connectivity index (χ1v) is 6.42. The predicted octanol–water partition coefficient (Wildman–Crippen LogP) is 2.87. The SMILES string of the molecule is CC1(C)OB([C@@H](N)c2c(F)c(F)cc(F)c2F)OC1(C)C. The van der Waals surface area contributed by atoms with E-state index >= 15 is 0 Å². The number of nitrogens with two attached hydrogens (primary N) is 1. The summed E-state index contributed by atoms with van der Waals surface area (Å²) >= 11 is 0. The van der Waals surface area contributed by atoms with Crippen molar-refractivity contribution in [2.45, 2.75) is 44.8 Å². The van der Waals surface area contributed by atoms with Crippen LogP contribution in [-0.4, -0.2) is 18.3 Å². The Morgan fingerprint density at radius 2 is 1.33 bits per heavy atom. The monoisotopic (exact) mass is 305 g/mol. The Kier molecular flexibility index (Phi) is 3.84. The van der Waals surface area contributed by atoms with Crippen molar-refractivity contribution in [1.82, 2.24) is 0 Å². The second-order valence-corrected chi connectivity index (χ2v) is 6.03. The maximum atomic E-state index is 13.8. The van der Waals surface area contributed by atoms with E-state index in [2.05, 4.69) is 0 Å². The maximum Gasteiger partial charge on any atom is 0.480 e. The molecule has 1 aliphatic rings. The fourth-order valence-electron chi connectivity index (χ4n) is 2.06. The van der Waals surface area contributed by atoms with Crippen molar-refractivity contribution in [3.63, 3.8) is 0 Å². The van der Waals surface area contributed by atoms with Crippen LogP contribution in [0.5, 0.6) is 0 Å². The summed E-state index contributed by atoms with van der Waals surface area (Å²) in [6.45, 7) is 6.88. The topological polar surface area (TPSA) is 44.5 Å². The first-order valence-electron chi connectivity index (χ1n) is 6.42. The fourth-order valence-corrected chi connectivity index (χ4v) is 2.06. The number of hydrogen-bond donors (Lipinski definition) is 1. The molecule has 0 spiro atoms. The minimum atomic E-state index is -1.55. The van der Waals surface area contributed by atoms with Crippen LogP contribution in [0.15, 0.2) is 6.07 Å². The van der Waals surface area contributed by atoms with Gasteiger partial charge in [-0.1, -0.05) is 0 Å². The molecule has 1 atom stereocenters. The van der Waals surface area contributed by atoms with E-state index in [0.717, 1.165) is 0 Å². The molecule has 21 heavy (non-hydrogen) atoms. The molecule has 116 valence electrons. The molecule has 0 saturated carbocycles. The van der Waals surface area contributed by atoms with Gasteiger partial charge in [0.1, 0.15) is 0 Å².